The van der Waals surface area contributed by atoms with E-state index >= 15 is 0 Å². The van der Waals surface area contributed by atoms with Crippen LogP contribution >= 0.6 is 0 Å². The van der Waals surface area contributed by atoms with Gasteiger partial charge in [0.25, 0.3) is 5.91 Å². The number of esters is 1. The van der Waals surface area contributed by atoms with Gasteiger partial charge in [-0.15, -0.1) is 0 Å². The lowest BCUT2D eigenvalue weighted by Crippen LogP contribution is -2.45. The molecule has 0 spiro atoms. The molecule has 144 valence electrons. The molecule has 0 radical (unpaired) electrons. The van der Waals surface area contributed by atoms with Crippen LogP contribution in [0.15, 0.2) is 24.3 Å². The van der Waals surface area contributed by atoms with Gasteiger partial charge in [0.2, 0.25) is 11.8 Å². The van der Waals surface area contributed by atoms with Crippen molar-refractivity contribution in [3.63, 3.8) is 0 Å². The van der Waals surface area contributed by atoms with Gasteiger partial charge in [-0.2, -0.15) is 0 Å². The maximum atomic E-state index is 12.4. The summed E-state index contributed by atoms with van der Waals surface area (Å²) in [6.45, 7) is 2.44. The van der Waals surface area contributed by atoms with E-state index < -0.39 is 5.97 Å². The van der Waals surface area contributed by atoms with Crippen LogP contribution in [-0.4, -0.2) is 47.8 Å². The third kappa shape index (κ3) is 4.18. The number of piperidine rings is 1. The molecule has 2 aliphatic heterocycles. The van der Waals surface area contributed by atoms with E-state index in [1.54, 1.807) is 17.0 Å². The van der Waals surface area contributed by atoms with Crippen LogP contribution in [0.1, 0.15) is 55.8 Å². The summed E-state index contributed by atoms with van der Waals surface area (Å²) >= 11 is 0. The zero-order chi connectivity index (χ0) is 19.4. The van der Waals surface area contributed by atoms with Crippen molar-refractivity contribution in [2.75, 3.05) is 18.1 Å². The Bertz CT molecular complexity index is 744. The number of ether oxygens (including phenoxy) is 1. The van der Waals surface area contributed by atoms with Crippen molar-refractivity contribution in [2.24, 2.45) is 0 Å². The molecule has 2 heterocycles. The van der Waals surface area contributed by atoms with Crippen LogP contribution in [0, 0.1) is 0 Å². The number of benzene rings is 1. The van der Waals surface area contributed by atoms with E-state index in [-0.39, 0.29) is 48.8 Å². The highest BCUT2D eigenvalue weighted by atomic mass is 16.5. The van der Waals surface area contributed by atoms with Gasteiger partial charge in [-0.05, 0) is 43.9 Å². The van der Waals surface area contributed by atoms with E-state index in [4.69, 9.17) is 4.74 Å². The molecule has 0 bridgehead atoms. The summed E-state index contributed by atoms with van der Waals surface area (Å²) in [5.41, 5.74) is 0.559. The Balaban J connectivity index is 1.63. The molecule has 3 amide bonds. The standard InChI is InChI=1S/C20H24N2O5/c1-2-15-7-3-4-11-21(15)19(25)13-27-20(26)14-6-5-8-16(12-14)22-17(23)9-10-18(22)24/h5-6,8,12,15H,2-4,7,9-11,13H2,1H3/t15-/m0/s1. The lowest BCUT2D eigenvalue weighted by atomic mass is 10.00. The number of hydrogen-bond acceptors (Lipinski definition) is 5. The van der Waals surface area contributed by atoms with Gasteiger partial charge in [0.1, 0.15) is 0 Å². The molecule has 2 fully saturated rings. The van der Waals surface area contributed by atoms with Crippen molar-refractivity contribution in [2.45, 2.75) is 51.5 Å². The number of hydrogen-bond donors (Lipinski definition) is 0. The first-order chi connectivity index (χ1) is 13.0. The average Bonchev–Trinajstić information content (AvgIpc) is 3.04. The Morgan fingerprint density at radius 2 is 1.89 bits per heavy atom. The lowest BCUT2D eigenvalue weighted by Gasteiger charge is -2.35. The molecule has 7 nitrogen and oxygen atoms in total. The summed E-state index contributed by atoms with van der Waals surface area (Å²) in [5.74, 6) is -1.39. The number of anilines is 1. The largest absolute Gasteiger partial charge is 0.452 e. The maximum Gasteiger partial charge on any atom is 0.338 e. The highest BCUT2D eigenvalue weighted by molar-refractivity contribution is 6.20. The van der Waals surface area contributed by atoms with Gasteiger partial charge in [-0.1, -0.05) is 13.0 Å². The maximum absolute atomic E-state index is 12.4. The van der Waals surface area contributed by atoms with Crippen molar-refractivity contribution >= 4 is 29.4 Å². The Morgan fingerprint density at radius 3 is 2.59 bits per heavy atom. The molecule has 1 atom stereocenters. The number of carbonyl (C=O) groups excluding carboxylic acids is 4. The second-order valence-electron chi connectivity index (χ2n) is 6.89. The van der Waals surface area contributed by atoms with Crippen LogP contribution < -0.4 is 4.90 Å². The van der Waals surface area contributed by atoms with Crippen molar-refractivity contribution in [3.05, 3.63) is 29.8 Å². The fourth-order valence-electron chi connectivity index (χ4n) is 3.68. The first-order valence-corrected chi connectivity index (χ1v) is 9.43. The first kappa shape index (κ1) is 19.1. The van der Waals surface area contributed by atoms with Gasteiger partial charge in [-0.25, -0.2) is 4.79 Å². The second kappa shape index (κ2) is 8.33. The van der Waals surface area contributed by atoms with E-state index in [1.165, 1.54) is 12.1 Å². The van der Waals surface area contributed by atoms with Crippen LogP contribution in [-0.2, 0) is 19.1 Å². The predicted molar refractivity (Wildman–Crippen MR) is 98.1 cm³/mol. The third-order valence-corrected chi connectivity index (χ3v) is 5.14. The van der Waals surface area contributed by atoms with Crippen molar-refractivity contribution in [3.8, 4) is 0 Å². The Hall–Kier alpha value is -2.70. The number of carbonyl (C=O) groups is 4. The number of imide groups is 1. The highest BCUT2D eigenvalue weighted by Crippen LogP contribution is 2.24. The van der Waals surface area contributed by atoms with Crippen LogP contribution in [0.3, 0.4) is 0 Å². The monoisotopic (exact) mass is 372 g/mol. The summed E-state index contributed by atoms with van der Waals surface area (Å²) in [6, 6.07) is 6.38. The molecule has 0 unspecified atom stereocenters. The molecular weight excluding hydrogens is 348 g/mol. The summed E-state index contributed by atoms with van der Waals surface area (Å²) in [7, 11) is 0. The van der Waals surface area contributed by atoms with E-state index in [9.17, 15) is 19.2 Å². The zero-order valence-electron chi connectivity index (χ0n) is 15.5. The number of rotatable bonds is 5. The minimum atomic E-state index is -0.644. The molecule has 7 heteroatoms. The fourth-order valence-corrected chi connectivity index (χ4v) is 3.68. The molecule has 3 rings (SSSR count). The average molecular weight is 372 g/mol. The minimum Gasteiger partial charge on any atom is -0.452 e. The third-order valence-electron chi connectivity index (χ3n) is 5.14. The Kier molecular flexibility index (Phi) is 5.88. The van der Waals surface area contributed by atoms with E-state index in [0.717, 1.165) is 30.6 Å². The summed E-state index contributed by atoms with van der Waals surface area (Å²) in [5, 5.41) is 0. The molecule has 0 N–H and O–H groups in total. The smallest absolute Gasteiger partial charge is 0.338 e. The molecule has 0 aromatic heterocycles. The lowest BCUT2D eigenvalue weighted by molar-refractivity contribution is -0.138. The Labute approximate surface area is 158 Å². The first-order valence-electron chi connectivity index (χ1n) is 9.43. The van der Waals surface area contributed by atoms with E-state index in [0.29, 0.717) is 12.2 Å². The number of nitrogens with zero attached hydrogens (tertiary/aromatic N) is 2. The number of amides is 3. The molecule has 2 aliphatic rings. The van der Waals surface area contributed by atoms with Gasteiger partial charge >= 0.3 is 5.97 Å². The summed E-state index contributed by atoms with van der Waals surface area (Å²) < 4.78 is 5.19. The van der Waals surface area contributed by atoms with Crippen molar-refractivity contribution in [1.29, 1.82) is 0 Å². The van der Waals surface area contributed by atoms with Crippen LogP contribution in [0.2, 0.25) is 0 Å². The zero-order valence-corrected chi connectivity index (χ0v) is 15.5. The fraction of sp³-hybridized carbons (Fsp3) is 0.500. The van der Waals surface area contributed by atoms with Crippen molar-refractivity contribution in [1.82, 2.24) is 4.90 Å². The predicted octanol–water partition coefficient (Wildman–Crippen LogP) is 2.29. The van der Waals surface area contributed by atoms with Gasteiger partial charge in [0, 0.05) is 25.4 Å². The van der Waals surface area contributed by atoms with E-state index in [1.807, 2.05) is 0 Å². The molecule has 27 heavy (non-hydrogen) atoms. The SMILES string of the molecule is CC[C@H]1CCCCN1C(=O)COC(=O)c1cccc(N2C(=O)CCC2=O)c1. The van der Waals surface area contributed by atoms with Crippen LogP contribution in [0.4, 0.5) is 5.69 Å². The summed E-state index contributed by atoms with van der Waals surface area (Å²) in [4.78, 5) is 51.3. The molecular formula is C20H24N2O5. The number of likely N-dealkylation sites (tertiary alicyclic amines) is 1. The topological polar surface area (TPSA) is 84.0 Å². The molecule has 2 saturated heterocycles. The van der Waals surface area contributed by atoms with Gasteiger partial charge in [0.05, 0.1) is 11.3 Å². The highest BCUT2D eigenvalue weighted by Gasteiger charge is 2.31. The molecule has 0 aliphatic carbocycles. The van der Waals surface area contributed by atoms with E-state index in [2.05, 4.69) is 6.92 Å². The second-order valence-corrected chi connectivity index (χ2v) is 6.89. The van der Waals surface area contributed by atoms with Crippen molar-refractivity contribution < 1.29 is 23.9 Å². The van der Waals surface area contributed by atoms with Gasteiger partial charge in [-0.3, -0.25) is 19.3 Å². The molecule has 1 aromatic rings. The normalized spacial score (nSPS) is 20.1. The minimum absolute atomic E-state index is 0.177. The van der Waals surface area contributed by atoms with Crippen LogP contribution in [0.25, 0.3) is 0 Å². The van der Waals surface area contributed by atoms with Gasteiger partial charge in [0.15, 0.2) is 6.61 Å². The van der Waals surface area contributed by atoms with Gasteiger partial charge < -0.3 is 9.64 Å². The quantitative estimate of drug-likeness (QED) is 0.585. The molecule has 1 aromatic carbocycles. The Morgan fingerprint density at radius 1 is 1.15 bits per heavy atom. The molecule has 0 saturated carbocycles. The van der Waals surface area contributed by atoms with Crippen LogP contribution in [0.5, 0.6) is 0 Å². The summed E-state index contributed by atoms with van der Waals surface area (Å²) in [6.07, 6.45) is 4.31.